The van der Waals surface area contributed by atoms with Crippen LogP contribution in [0.25, 0.3) is 0 Å². The lowest BCUT2D eigenvalue weighted by Gasteiger charge is -2.48. The number of hydrogen-bond acceptors (Lipinski definition) is 4. The summed E-state index contributed by atoms with van der Waals surface area (Å²) in [6.45, 7) is 10.1. The summed E-state index contributed by atoms with van der Waals surface area (Å²) >= 11 is 0. The number of fused-ring (bicyclic) bond motifs is 1. The Labute approximate surface area is 181 Å². The van der Waals surface area contributed by atoms with E-state index in [1.165, 1.54) is 5.56 Å². The van der Waals surface area contributed by atoms with Crippen LogP contribution in [0.15, 0.2) is 60.7 Å². The van der Waals surface area contributed by atoms with Crippen LogP contribution in [0.1, 0.15) is 38.7 Å². The normalized spacial score (nSPS) is 23.8. The maximum atomic E-state index is 10.9. The third-order valence-corrected chi connectivity index (χ3v) is 5.75. The van der Waals surface area contributed by atoms with Gasteiger partial charge >= 0.3 is 5.97 Å². The van der Waals surface area contributed by atoms with E-state index in [2.05, 4.69) is 17.9 Å². The van der Waals surface area contributed by atoms with Crippen molar-refractivity contribution in [3.63, 3.8) is 0 Å². The van der Waals surface area contributed by atoms with E-state index in [9.17, 15) is 9.90 Å². The van der Waals surface area contributed by atoms with Gasteiger partial charge in [0, 0.05) is 32.2 Å². The third kappa shape index (κ3) is 7.15. The Kier molecular flexibility index (Phi) is 9.84. The number of aliphatic carboxylic acids is 1. The number of hydrogen-bond donors (Lipinski definition) is 2. The van der Waals surface area contributed by atoms with Crippen LogP contribution in [0.5, 0.6) is 5.75 Å². The molecular formula is C25H36N2O3. The van der Waals surface area contributed by atoms with Crippen molar-refractivity contribution in [3.05, 3.63) is 66.2 Å². The van der Waals surface area contributed by atoms with Gasteiger partial charge in [0.25, 0.3) is 0 Å². The second-order valence-corrected chi connectivity index (χ2v) is 7.85. The molecule has 0 saturated carbocycles. The van der Waals surface area contributed by atoms with Crippen molar-refractivity contribution in [2.24, 2.45) is 5.92 Å². The maximum absolute atomic E-state index is 10.9. The van der Waals surface area contributed by atoms with Gasteiger partial charge in [0.2, 0.25) is 0 Å². The van der Waals surface area contributed by atoms with Crippen LogP contribution in [0.2, 0.25) is 0 Å². The fourth-order valence-corrected chi connectivity index (χ4v) is 4.38. The number of carbonyl (C=O) groups is 1. The molecule has 164 valence electrons. The summed E-state index contributed by atoms with van der Waals surface area (Å²) in [4.78, 5) is 15.5. The third-order valence-electron chi connectivity index (χ3n) is 5.75. The van der Waals surface area contributed by atoms with Crippen LogP contribution in [-0.4, -0.2) is 64.7 Å². The molecule has 5 nitrogen and oxygen atoms in total. The largest absolute Gasteiger partial charge is 0.508 e. The maximum Gasteiger partial charge on any atom is 0.317 e. The Morgan fingerprint density at radius 3 is 2.20 bits per heavy atom. The van der Waals surface area contributed by atoms with Crippen LogP contribution in [-0.2, 0) is 4.79 Å². The molecule has 3 atom stereocenters. The summed E-state index contributed by atoms with van der Waals surface area (Å²) in [5, 5.41) is 18.7. The quantitative estimate of drug-likeness (QED) is 0.787. The zero-order chi connectivity index (χ0) is 21.9. The first-order chi connectivity index (χ1) is 14.5. The highest BCUT2D eigenvalue weighted by molar-refractivity contribution is 5.69. The number of rotatable bonds is 3. The molecule has 0 aromatic heterocycles. The lowest BCUT2D eigenvalue weighted by atomic mass is 9.77. The molecule has 3 unspecified atom stereocenters. The number of phenols is 1. The van der Waals surface area contributed by atoms with Crippen LogP contribution >= 0.6 is 0 Å². The lowest BCUT2D eigenvalue weighted by Crippen LogP contribution is -2.58. The summed E-state index contributed by atoms with van der Waals surface area (Å²) in [5.41, 5.74) is 1.20. The topological polar surface area (TPSA) is 64.0 Å². The summed E-state index contributed by atoms with van der Waals surface area (Å²) in [6, 6.07) is 20.0. The van der Waals surface area contributed by atoms with Crippen molar-refractivity contribution in [2.75, 3.05) is 32.7 Å². The molecule has 2 saturated heterocycles. The number of carboxylic acids is 1. The molecular weight excluding hydrogens is 376 g/mol. The van der Waals surface area contributed by atoms with E-state index in [1.54, 1.807) is 6.07 Å². The van der Waals surface area contributed by atoms with E-state index in [0.717, 1.165) is 32.6 Å². The molecule has 2 aromatic carbocycles. The van der Waals surface area contributed by atoms with Crippen molar-refractivity contribution >= 4 is 5.97 Å². The summed E-state index contributed by atoms with van der Waals surface area (Å²) in [6.07, 6.45) is 1.03. The second-order valence-electron chi connectivity index (χ2n) is 7.85. The molecule has 0 radical (unpaired) electrons. The molecule has 2 N–H and O–H groups in total. The first-order valence-corrected chi connectivity index (χ1v) is 11.0. The first kappa shape index (κ1) is 23.9. The van der Waals surface area contributed by atoms with E-state index >= 15 is 0 Å². The molecule has 0 amide bonds. The molecule has 2 fully saturated rings. The molecule has 2 aliphatic rings. The summed E-state index contributed by atoms with van der Waals surface area (Å²) in [7, 11) is 0. The molecule has 2 heterocycles. The highest BCUT2D eigenvalue weighted by atomic mass is 16.4. The van der Waals surface area contributed by atoms with Crippen molar-refractivity contribution in [1.82, 2.24) is 9.80 Å². The standard InChI is InChI=1S/C17H24N2O3.C6H6.C2H6/c1-12-9-19-6-5-18(11-17(21)22)10-14(19)8-16(12)13-3-2-4-15(20)7-13;1-2-4-6-5-3-1;1-2/h2-4,7,12,14,16,20H,5-6,8-11H2,1H3,(H,21,22);1-6H;1-2H3. The van der Waals surface area contributed by atoms with Crippen LogP contribution in [0.3, 0.4) is 0 Å². The monoisotopic (exact) mass is 412 g/mol. The first-order valence-electron chi connectivity index (χ1n) is 11.0. The van der Waals surface area contributed by atoms with Gasteiger partial charge in [-0.3, -0.25) is 14.6 Å². The SMILES string of the molecule is CC.CC1CN2CCN(CC(=O)O)CC2CC1c1cccc(O)c1.c1ccccc1. The van der Waals surface area contributed by atoms with Gasteiger partial charge in [0.05, 0.1) is 6.54 Å². The van der Waals surface area contributed by atoms with E-state index in [4.69, 9.17) is 5.11 Å². The molecule has 0 spiro atoms. The fraction of sp³-hybridized carbons (Fsp3) is 0.480. The smallest absolute Gasteiger partial charge is 0.317 e. The Bertz CT molecular complexity index is 726. The van der Waals surface area contributed by atoms with Crippen LogP contribution < -0.4 is 0 Å². The minimum atomic E-state index is -0.748. The predicted octanol–water partition coefficient (Wildman–Crippen LogP) is 4.30. The molecule has 0 bridgehead atoms. The summed E-state index contributed by atoms with van der Waals surface area (Å²) < 4.78 is 0. The second kappa shape index (κ2) is 12.4. The van der Waals surface area contributed by atoms with E-state index in [-0.39, 0.29) is 6.54 Å². The average molecular weight is 413 g/mol. The Hall–Kier alpha value is -2.37. The van der Waals surface area contributed by atoms with Gasteiger partial charge in [0.15, 0.2) is 0 Å². The number of nitrogens with zero attached hydrogens (tertiary/aromatic N) is 2. The molecule has 2 aliphatic heterocycles. The number of piperidine rings is 1. The Balaban J connectivity index is 0.000000340. The minimum Gasteiger partial charge on any atom is -0.508 e. The van der Waals surface area contributed by atoms with E-state index < -0.39 is 5.97 Å². The van der Waals surface area contributed by atoms with Gasteiger partial charge in [-0.15, -0.1) is 0 Å². The van der Waals surface area contributed by atoms with Crippen molar-refractivity contribution in [1.29, 1.82) is 0 Å². The number of carboxylic acid groups (broad SMARTS) is 1. The van der Waals surface area contributed by atoms with Gasteiger partial charge in [-0.25, -0.2) is 0 Å². The van der Waals surface area contributed by atoms with E-state index in [0.29, 0.717) is 23.6 Å². The van der Waals surface area contributed by atoms with Crippen molar-refractivity contribution in [3.8, 4) is 5.75 Å². The zero-order valence-electron chi connectivity index (χ0n) is 18.4. The van der Waals surface area contributed by atoms with Crippen LogP contribution in [0, 0.1) is 5.92 Å². The Morgan fingerprint density at radius 1 is 1.00 bits per heavy atom. The molecule has 4 rings (SSSR count). The average Bonchev–Trinajstić information content (AvgIpc) is 2.76. The van der Waals surface area contributed by atoms with Crippen molar-refractivity contribution < 1.29 is 15.0 Å². The highest BCUT2D eigenvalue weighted by Gasteiger charge is 2.37. The highest BCUT2D eigenvalue weighted by Crippen LogP contribution is 2.37. The van der Waals surface area contributed by atoms with Crippen molar-refractivity contribution in [2.45, 2.75) is 39.2 Å². The molecule has 2 aromatic rings. The number of piperazine rings is 1. The fourth-order valence-electron chi connectivity index (χ4n) is 4.38. The molecule has 5 heteroatoms. The lowest BCUT2D eigenvalue weighted by molar-refractivity contribution is -0.139. The zero-order valence-corrected chi connectivity index (χ0v) is 18.4. The Morgan fingerprint density at radius 2 is 1.63 bits per heavy atom. The van der Waals surface area contributed by atoms with E-state index in [1.807, 2.05) is 67.3 Å². The number of phenolic OH excluding ortho intramolecular Hbond substituents is 1. The van der Waals surface area contributed by atoms with Gasteiger partial charge in [0.1, 0.15) is 5.75 Å². The van der Waals surface area contributed by atoms with Gasteiger partial charge in [-0.05, 0) is 36.0 Å². The predicted molar refractivity (Wildman–Crippen MR) is 122 cm³/mol. The molecule has 0 aliphatic carbocycles. The number of benzene rings is 2. The van der Waals surface area contributed by atoms with Gasteiger partial charge in [-0.1, -0.05) is 69.3 Å². The number of aromatic hydroxyl groups is 1. The van der Waals surface area contributed by atoms with Gasteiger partial charge in [-0.2, -0.15) is 0 Å². The summed E-state index contributed by atoms with van der Waals surface area (Å²) in [5.74, 6) is 0.549. The van der Waals surface area contributed by atoms with Crippen LogP contribution in [0.4, 0.5) is 0 Å². The minimum absolute atomic E-state index is 0.136. The molecule has 30 heavy (non-hydrogen) atoms. The van der Waals surface area contributed by atoms with Gasteiger partial charge < -0.3 is 10.2 Å².